The second-order valence-electron chi connectivity index (χ2n) is 4.34. The Bertz CT molecular complexity index is 369. The Morgan fingerprint density at radius 2 is 1.94 bits per heavy atom. The van der Waals surface area contributed by atoms with E-state index < -0.39 is 11.9 Å². The molecule has 0 spiro atoms. The number of alkyl halides is 3. The minimum absolute atomic E-state index is 0.0192. The summed E-state index contributed by atoms with van der Waals surface area (Å²) < 4.78 is 37.4. The van der Waals surface area contributed by atoms with Gasteiger partial charge in [-0.3, -0.25) is 10.2 Å². The Balaban J connectivity index is 3.05. The SMILES string of the molecule is CC(C)NC1=C(C(=N)C(F)(F)F)CC(=O)CC1. The van der Waals surface area contributed by atoms with E-state index >= 15 is 0 Å². The van der Waals surface area contributed by atoms with Crippen LogP contribution < -0.4 is 5.32 Å². The van der Waals surface area contributed by atoms with Gasteiger partial charge in [0, 0.05) is 30.2 Å². The first kappa shape index (κ1) is 13.7. The van der Waals surface area contributed by atoms with Crippen molar-refractivity contribution >= 4 is 11.5 Å². The van der Waals surface area contributed by atoms with Gasteiger partial charge in [0.2, 0.25) is 0 Å². The quantitative estimate of drug-likeness (QED) is 0.754. The van der Waals surface area contributed by atoms with Crippen LogP contribution in [-0.4, -0.2) is 23.7 Å². The van der Waals surface area contributed by atoms with Crippen molar-refractivity contribution in [3.05, 3.63) is 11.3 Å². The molecule has 1 aliphatic rings. The smallest absolute Gasteiger partial charge is 0.386 e. The molecule has 0 fully saturated rings. The normalized spacial score (nSPS) is 17.6. The van der Waals surface area contributed by atoms with E-state index in [0.29, 0.717) is 5.70 Å². The number of nitrogens with one attached hydrogen (secondary N) is 2. The van der Waals surface area contributed by atoms with Gasteiger partial charge in [-0.05, 0) is 20.3 Å². The van der Waals surface area contributed by atoms with Crippen molar-refractivity contribution in [2.45, 2.75) is 45.3 Å². The van der Waals surface area contributed by atoms with Crippen LogP contribution in [-0.2, 0) is 4.79 Å². The molecule has 6 heteroatoms. The summed E-state index contributed by atoms with van der Waals surface area (Å²) in [6.45, 7) is 3.61. The second-order valence-corrected chi connectivity index (χ2v) is 4.34. The Kier molecular flexibility index (Phi) is 3.95. The molecular weight excluding hydrogens is 233 g/mol. The molecule has 0 aromatic heterocycles. The molecule has 2 N–H and O–H groups in total. The fourth-order valence-corrected chi connectivity index (χ4v) is 1.73. The number of rotatable bonds is 3. The molecular formula is C11H15F3N2O. The summed E-state index contributed by atoms with van der Waals surface area (Å²) in [6, 6.07) is -0.0192. The molecule has 17 heavy (non-hydrogen) atoms. The Morgan fingerprint density at radius 1 is 1.35 bits per heavy atom. The summed E-state index contributed by atoms with van der Waals surface area (Å²) >= 11 is 0. The highest BCUT2D eigenvalue weighted by Crippen LogP contribution is 2.29. The van der Waals surface area contributed by atoms with E-state index in [9.17, 15) is 18.0 Å². The van der Waals surface area contributed by atoms with Gasteiger partial charge in [0.05, 0.1) is 0 Å². The molecule has 0 aromatic rings. The molecule has 1 rings (SSSR count). The van der Waals surface area contributed by atoms with Crippen LogP contribution in [0.25, 0.3) is 0 Å². The van der Waals surface area contributed by atoms with Crippen LogP contribution in [0.2, 0.25) is 0 Å². The molecule has 3 nitrogen and oxygen atoms in total. The van der Waals surface area contributed by atoms with Crippen molar-refractivity contribution in [1.29, 1.82) is 5.41 Å². The highest BCUT2D eigenvalue weighted by atomic mass is 19.4. The zero-order chi connectivity index (χ0) is 13.2. The molecule has 0 amide bonds. The zero-order valence-corrected chi connectivity index (χ0v) is 9.74. The van der Waals surface area contributed by atoms with Crippen LogP contribution in [0.1, 0.15) is 33.1 Å². The Morgan fingerprint density at radius 3 is 2.41 bits per heavy atom. The lowest BCUT2D eigenvalue weighted by atomic mass is 9.91. The number of carbonyl (C=O) groups is 1. The van der Waals surface area contributed by atoms with Gasteiger partial charge in [0.1, 0.15) is 11.5 Å². The van der Waals surface area contributed by atoms with E-state index in [4.69, 9.17) is 5.41 Å². The molecule has 0 radical (unpaired) electrons. The Hall–Kier alpha value is -1.33. The molecule has 0 unspecified atom stereocenters. The third kappa shape index (κ3) is 3.57. The second kappa shape index (κ2) is 4.89. The van der Waals surface area contributed by atoms with Gasteiger partial charge in [0.15, 0.2) is 0 Å². The summed E-state index contributed by atoms with van der Waals surface area (Å²) in [5, 5.41) is 10.0. The third-order valence-electron chi connectivity index (χ3n) is 2.44. The van der Waals surface area contributed by atoms with Gasteiger partial charge in [-0.15, -0.1) is 0 Å². The maximum atomic E-state index is 12.5. The van der Waals surface area contributed by atoms with Gasteiger partial charge in [0.25, 0.3) is 0 Å². The lowest BCUT2D eigenvalue weighted by molar-refractivity contribution is -0.118. The molecule has 96 valence electrons. The van der Waals surface area contributed by atoms with Crippen molar-refractivity contribution in [3.8, 4) is 0 Å². The number of ketones is 1. The first-order chi connectivity index (χ1) is 7.71. The van der Waals surface area contributed by atoms with E-state index in [2.05, 4.69) is 5.32 Å². The average Bonchev–Trinajstić information content (AvgIpc) is 2.17. The highest BCUT2D eigenvalue weighted by Gasteiger charge is 2.39. The molecule has 0 atom stereocenters. The van der Waals surface area contributed by atoms with E-state index in [-0.39, 0.29) is 36.7 Å². The average molecular weight is 248 g/mol. The summed E-state index contributed by atoms with van der Waals surface area (Å²) in [6.07, 6.45) is -4.50. The summed E-state index contributed by atoms with van der Waals surface area (Å²) in [4.78, 5) is 11.2. The number of Topliss-reactive ketones (excluding diaryl/α,β-unsaturated/α-hetero) is 1. The van der Waals surface area contributed by atoms with Crippen LogP contribution in [0.4, 0.5) is 13.2 Å². The van der Waals surface area contributed by atoms with Crippen molar-refractivity contribution < 1.29 is 18.0 Å². The number of carbonyl (C=O) groups excluding carboxylic acids is 1. The highest BCUT2D eigenvalue weighted by molar-refractivity contribution is 6.06. The van der Waals surface area contributed by atoms with Gasteiger partial charge in [-0.1, -0.05) is 0 Å². The van der Waals surface area contributed by atoms with Crippen LogP contribution in [0, 0.1) is 5.41 Å². The maximum absolute atomic E-state index is 12.5. The first-order valence-electron chi connectivity index (χ1n) is 5.38. The standard InChI is InChI=1S/C11H15F3N2O/c1-6(2)16-9-4-3-7(17)5-8(9)10(15)11(12,13)14/h6,15-16H,3-5H2,1-2H3. The number of halogens is 3. The lowest BCUT2D eigenvalue weighted by Crippen LogP contribution is -2.33. The maximum Gasteiger partial charge on any atom is 0.433 e. The van der Waals surface area contributed by atoms with Crippen LogP contribution >= 0.6 is 0 Å². The largest absolute Gasteiger partial charge is 0.433 e. The van der Waals surface area contributed by atoms with Crippen LogP contribution in [0.15, 0.2) is 11.3 Å². The molecule has 0 saturated heterocycles. The predicted octanol–water partition coefficient (Wildman–Crippen LogP) is 2.57. The summed E-state index contributed by atoms with van der Waals surface area (Å²) in [5.41, 5.74) is -1.24. The number of hydrogen-bond donors (Lipinski definition) is 2. The van der Waals surface area contributed by atoms with Gasteiger partial charge in [-0.25, -0.2) is 0 Å². The zero-order valence-electron chi connectivity index (χ0n) is 9.74. The van der Waals surface area contributed by atoms with Crippen molar-refractivity contribution in [2.75, 3.05) is 0 Å². The molecule has 0 aromatic carbocycles. The van der Waals surface area contributed by atoms with Crippen molar-refractivity contribution in [2.24, 2.45) is 0 Å². The van der Waals surface area contributed by atoms with Gasteiger partial charge >= 0.3 is 6.18 Å². The fraction of sp³-hybridized carbons (Fsp3) is 0.636. The van der Waals surface area contributed by atoms with E-state index in [1.54, 1.807) is 13.8 Å². The van der Waals surface area contributed by atoms with Crippen molar-refractivity contribution in [3.63, 3.8) is 0 Å². The first-order valence-corrected chi connectivity index (χ1v) is 5.38. The Labute approximate surface area is 97.6 Å². The van der Waals surface area contributed by atoms with Gasteiger partial charge in [-0.2, -0.15) is 13.2 Å². The molecule has 0 aliphatic heterocycles. The van der Waals surface area contributed by atoms with E-state index in [1.807, 2.05) is 0 Å². The molecule has 0 saturated carbocycles. The molecule has 1 aliphatic carbocycles. The fourth-order valence-electron chi connectivity index (χ4n) is 1.73. The van der Waals surface area contributed by atoms with E-state index in [0.717, 1.165) is 0 Å². The predicted molar refractivity (Wildman–Crippen MR) is 57.9 cm³/mol. The third-order valence-corrected chi connectivity index (χ3v) is 2.44. The number of allylic oxidation sites excluding steroid dienone is 2. The summed E-state index contributed by atoms with van der Waals surface area (Å²) in [7, 11) is 0. The lowest BCUT2D eigenvalue weighted by Gasteiger charge is -2.24. The summed E-state index contributed by atoms with van der Waals surface area (Å²) in [5.74, 6) is -0.247. The van der Waals surface area contributed by atoms with E-state index in [1.165, 1.54) is 0 Å². The molecule has 0 bridgehead atoms. The minimum atomic E-state index is -4.70. The van der Waals surface area contributed by atoms with Crippen LogP contribution in [0.3, 0.4) is 0 Å². The monoisotopic (exact) mass is 248 g/mol. The van der Waals surface area contributed by atoms with Crippen molar-refractivity contribution in [1.82, 2.24) is 5.32 Å². The number of hydrogen-bond acceptors (Lipinski definition) is 3. The molecule has 0 heterocycles. The van der Waals surface area contributed by atoms with Crippen LogP contribution in [0.5, 0.6) is 0 Å². The minimum Gasteiger partial charge on any atom is -0.386 e. The van der Waals surface area contributed by atoms with Gasteiger partial charge < -0.3 is 5.32 Å². The topological polar surface area (TPSA) is 53.0 Å².